The minimum Gasteiger partial charge on any atom is -0.391 e. The number of urea groups is 1. The van der Waals surface area contributed by atoms with Gasteiger partial charge in [-0.15, -0.1) is 0 Å². The zero-order valence-corrected chi connectivity index (χ0v) is 21.3. The summed E-state index contributed by atoms with van der Waals surface area (Å²) in [6, 6.07) is 4.34. The van der Waals surface area contributed by atoms with Gasteiger partial charge in [0.1, 0.15) is 5.52 Å². The van der Waals surface area contributed by atoms with E-state index in [1.807, 2.05) is 23.6 Å². The fraction of sp³-hybridized carbons (Fsp3) is 0.500. The molecule has 3 aliphatic rings. The molecule has 36 heavy (non-hydrogen) atoms. The largest absolute Gasteiger partial charge is 0.391 e. The van der Waals surface area contributed by atoms with Gasteiger partial charge in [-0.05, 0) is 55.5 Å². The number of ether oxygens (including phenoxy) is 1. The summed E-state index contributed by atoms with van der Waals surface area (Å²) in [5.41, 5.74) is 6.19. The number of nitrogens with one attached hydrogen (secondary N) is 2. The van der Waals surface area contributed by atoms with Crippen LogP contribution in [-0.4, -0.2) is 80.4 Å². The zero-order chi connectivity index (χ0) is 25.0. The average Bonchev–Trinajstić information content (AvgIpc) is 3.39. The topological polar surface area (TPSA) is 107 Å². The van der Waals surface area contributed by atoms with E-state index in [2.05, 4.69) is 27.4 Å². The second kappa shape index (κ2) is 8.99. The molecular weight excluding hydrogens is 480 g/mol. The number of H-pyrrole nitrogens is 1. The predicted octanol–water partition coefficient (Wildman–Crippen LogP) is 3.26. The molecule has 190 valence electrons. The highest BCUT2D eigenvalue weighted by Crippen LogP contribution is 2.36. The van der Waals surface area contributed by atoms with Gasteiger partial charge < -0.3 is 29.9 Å². The Balaban J connectivity index is 1.37. The highest BCUT2D eigenvalue weighted by molar-refractivity contribution is 6.34. The van der Waals surface area contributed by atoms with Crippen molar-refractivity contribution in [3.63, 3.8) is 0 Å². The maximum atomic E-state index is 13.5. The number of fused-ring (bicyclic) bond motifs is 2. The number of aliphatic hydroxyl groups excluding tert-OH is 1. The first kappa shape index (κ1) is 23.7. The summed E-state index contributed by atoms with van der Waals surface area (Å²) in [4.78, 5) is 29.6. The van der Waals surface area contributed by atoms with Gasteiger partial charge in [0.05, 0.1) is 42.3 Å². The first-order valence-electron chi connectivity index (χ1n) is 12.5. The Morgan fingerprint density at radius 2 is 2.19 bits per heavy atom. The molecule has 2 amide bonds. The number of hydrogen-bond donors (Lipinski definition) is 3. The Hall–Kier alpha value is -2.72. The van der Waals surface area contributed by atoms with E-state index in [0.29, 0.717) is 55.5 Å². The highest BCUT2D eigenvalue weighted by atomic mass is 35.5. The number of hydrogen-bond acceptors (Lipinski definition) is 6. The van der Waals surface area contributed by atoms with Crippen LogP contribution in [-0.2, 0) is 17.7 Å². The SMILES string of the molecule is CC1(C)CC(O)CN1C(=O)N1CCc2cc(-c3cnc4[nH]cc(Cl)c4n3)cc([C@@H]3COCCN3)c2C1. The van der Waals surface area contributed by atoms with Crippen LogP contribution in [0.5, 0.6) is 0 Å². The summed E-state index contributed by atoms with van der Waals surface area (Å²) in [6.07, 6.45) is 4.33. The number of nitrogens with zero attached hydrogens (tertiary/aromatic N) is 4. The van der Waals surface area contributed by atoms with Crippen molar-refractivity contribution in [2.75, 3.05) is 32.8 Å². The van der Waals surface area contributed by atoms with Gasteiger partial charge in [-0.1, -0.05) is 11.6 Å². The van der Waals surface area contributed by atoms with Crippen molar-refractivity contribution in [2.24, 2.45) is 0 Å². The van der Waals surface area contributed by atoms with Crippen molar-refractivity contribution in [3.05, 3.63) is 46.2 Å². The third-order valence-electron chi connectivity index (χ3n) is 7.66. The molecule has 1 aromatic carbocycles. The van der Waals surface area contributed by atoms with E-state index in [1.165, 1.54) is 5.56 Å². The zero-order valence-electron chi connectivity index (χ0n) is 20.6. The van der Waals surface area contributed by atoms with Crippen LogP contribution in [0.15, 0.2) is 24.5 Å². The number of halogens is 1. The fourth-order valence-corrected chi connectivity index (χ4v) is 5.99. The minimum absolute atomic E-state index is 0.0107. The lowest BCUT2D eigenvalue weighted by Gasteiger charge is -2.39. The number of aromatic nitrogens is 3. The molecule has 0 saturated carbocycles. The average molecular weight is 511 g/mol. The van der Waals surface area contributed by atoms with Crippen molar-refractivity contribution < 1.29 is 14.6 Å². The van der Waals surface area contributed by atoms with Gasteiger partial charge in [-0.2, -0.15) is 0 Å². The second-order valence-electron chi connectivity index (χ2n) is 10.6. The van der Waals surface area contributed by atoms with Gasteiger partial charge in [-0.25, -0.2) is 14.8 Å². The number of rotatable bonds is 2. The normalized spacial score (nSPS) is 23.8. The molecule has 0 spiro atoms. The summed E-state index contributed by atoms with van der Waals surface area (Å²) in [7, 11) is 0. The van der Waals surface area contributed by atoms with Crippen LogP contribution < -0.4 is 5.32 Å². The van der Waals surface area contributed by atoms with E-state index in [1.54, 1.807) is 12.4 Å². The summed E-state index contributed by atoms with van der Waals surface area (Å²) in [5, 5.41) is 14.3. The van der Waals surface area contributed by atoms with Gasteiger partial charge in [0.2, 0.25) is 0 Å². The highest BCUT2D eigenvalue weighted by Gasteiger charge is 2.42. The van der Waals surface area contributed by atoms with Crippen LogP contribution in [0.25, 0.3) is 22.4 Å². The molecule has 3 aliphatic heterocycles. The van der Waals surface area contributed by atoms with Crippen LogP contribution in [0.2, 0.25) is 5.02 Å². The first-order valence-corrected chi connectivity index (χ1v) is 12.9. The number of carbonyl (C=O) groups is 1. The number of carbonyl (C=O) groups excluding carboxylic acids is 1. The van der Waals surface area contributed by atoms with Crippen LogP contribution >= 0.6 is 11.6 Å². The predicted molar refractivity (Wildman–Crippen MR) is 137 cm³/mol. The number of amides is 2. The van der Waals surface area contributed by atoms with Gasteiger partial charge in [-0.3, -0.25) is 0 Å². The first-order chi connectivity index (χ1) is 17.3. The Labute approximate surface area is 214 Å². The maximum Gasteiger partial charge on any atom is 0.320 e. The molecule has 2 saturated heterocycles. The van der Waals surface area contributed by atoms with Crippen molar-refractivity contribution in [1.29, 1.82) is 0 Å². The van der Waals surface area contributed by atoms with E-state index < -0.39 is 6.10 Å². The van der Waals surface area contributed by atoms with Gasteiger partial charge in [0.25, 0.3) is 0 Å². The molecule has 6 rings (SSSR count). The van der Waals surface area contributed by atoms with Gasteiger partial charge in [0.15, 0.2) is 5.65 Å². The lowest BCUT2D eigenvalue weighted by atomic mass is 9.88. The lowest BCUT2D eigenvalue weighted by molar-refractivity contribution is 0.0760. The molecule has 9 nitrogen and oxygen atoms in total. The summed E-state index contributed by atoms with van der Waals surface area (Å²) < 4.78 is 5.80. The Morgan fingerprint density at radius 3 is 2.94 bits per heavy atom. The fourth-order valence-electron chi connectivity index (χ4n) is 5.80. The van der Waals surface area contributed by atoms with Crippen molar-refractivity contribution in [3.8, 4) is 11.3 Å². The maximum absolute atomic E-state index is 13.5. The smallest absolute Gasteiger partial charge is 0.320 e. The number of benzene rings is 1. The number of aliphatic hydroxyl groups is 1. The summed E-state index contributed by atoms with van der Waals surface area (Å²) in [6.45, 7) is 7.61. The molecule has 2 atom stereocenters. The molecule has 0 aliphatic carbocycles. The van der Waals surface area contributed by atoms with Crippen molar-refractivity contribution in [1.82, 2.24) is 30.1 Å². The Morgan fingerprint density at radius 1 is 1.33 bits per heavy atom. The van der Waals surface area contributed by atoms with Crippen LogP contribution in [0.1, 0.15) is 43.0 Å². The number of likely N-dealkylation sites (tertiary alicyclic amines) is 1. The lowest BCUT2D eigenvalue weighted by Crippen LogP contribution is -2.51. The molecule has 2 aromatic heterocycles. The third kappa shape index (κ3) is 4.14. The van der Waals surface area contributed by atoms with Crippen LogP contribution in [0.3, 0.4) is 0 Å². The number of β-amino-alcohol motifs (C(OH)–C–C–N with tert-alkyl or cyclic N) is 1. The van der Waals surface area contributed by atoms with E-state index in [4.69, 9.17) is 21.3 Å². The van der Waals surface area contributed by atoms with E-state index in [-0.39, 0.29) is 17.6 Å². The Bertz CT molecular complexity index is 1320. The molecule has 3 aromatic rings. The standard InChI is InChI=1S/C26H31ClN6O3/c1-26(2)9-17(34)12-33(26)25(35)32-5-3-15-7-16(21-11-30-24-23(31-21)20(27)10-29-24)8-18(19(15)13-32)22-14-36-6-4-28-22/h7-8,10-11,17,22,28,34H,3-6,9,12-14H2,1-2H3,(H,29,30)/t17?,22-/m0/s1. The minimum atomic E-state index is -0.477. The van der Waals surface area contributed by atoms with Crippen molar-refractivity contribution >= 4 is 28.8 Å². The Kier molecular flexibility index (Phi) is 5.91. The number of morpholine rings is 1. The third-order valence-corrected chi connectivity index (χ3v) is 7.95. The molecule has 2 fully saturated rings. The molecular formula is C26H31ClN6O3. The molecule has 3 N–H and O–H groups in total. The monoisotopic (exact) mass is 510 g/mol. The molecule has 5 heterocycles. The molecule has 0 bridgehead atoms. The van der Waals surface area contributed by atoms with Gasteiger partial charge >= 0.3 is 6.03 Å². The molecule has 10 heteroatoms. The van der Waals surface area contributed by atoms with Crippen LogP contribution in [0.4, 0.5) is 4.79 Å². The summed E-state index contributed by atoms with van der Waals surface area (Å²) in [5.74, 6) is 0. The van der Waals surface area contributed by atoms with Crippen LogP contribution in [0, 0.1) is 0 Å². The summed E-state index contributed by atoms with van der Waals surface area (Å²) >= 11 is 6.31. The van der Waals surface area contributed by atoms with E-state index >= 15 is 0 Å². The number of aromatic amines is 1. The second-order valence-corrected chi connectivity index (χ2v) is 11.0. The van der Waals surface area contributed by atoms with E-state index in [9.17, 15) is 9.90 Å². The van der Waals surface area contributed by atoms with Crippen molar-refractivity contribution in [2.45, 2.75) is 50.9 Å². The van der Waals surface area contributed by atoms with Gasteiger partial charge in [0, 0.05) is 43.5 Å². The van der Waals surface area contributed by atoms with E-state index in [0.717, 1.165) is 35.3 Å². The molecule has 1 unspecified atom stereocenters. The quantitative estimate of drug-likeness (QED) is 0.488. The molecule has 0 radical (unpaired) electrons.